The van der Waals surface area contributed by atoms with Gasteiger partial charge in [0.15, 0.2) is 5.82 Å². The van der Waals surface area contributed by atoms with Crippen LogP contribution in [0.15, 0.2) is 18.5 Å². The predicted molar refractivity (Wildman–Crippen MR) is 66.8 cm³/mol. The number of aromatic amines is 1. The Kier molecular flexibility index (Phi) is 3.27. The molecule has 6 heteroatoms. The van der Waals surface area contributed by atoms with Crippen molar-refractivity contribution >= 4 is 11.7 Å². The number of hydrogen-bond donors (Lipinski definition) is 2. The van der Waals surface area contributed by atoms with Gasteiger partial charge in [-0.05, 0) is 19.9 Å². The molecule has 2 aromatic heterocycles. The smallest absolute Gasteiger partial charge is 0.260 e. The quantitative estimate of drug-likeness (QED) is 0.863. The van der Waals surface area contributed by atoms with Gasteiger partial charge in [0.1, 0.15) is 5.75 Å². The van der Waals surface area contributed by atoms with Gasteiger partial charge in [0.2, 0.25) is 0 Å². The first-order chi connectivity index (χ1) is 8.63. The number of rotatable bonds is 3. The van der Waals surface area contributed by atoms with Crippen LogP contribution in [0.25, 0.3) is 0 Å². The zero-order valence-electron chi connectivity index (χ0n) is 10.4. The van der Waals surface area contributed by atoms with Crippen LogP contribution in [0.1, 0.15) is 21.6 Å². The molecule has 2 rings (SSSR count). The van der Waals surface area contributed by atoms with Crippen LogP contribution < -0.4 is 10.1 Å². The molecule has 0 aromatic carbocycles. The van der Waals surface area contributed by atoms with Crippen LogP contribution >= 0.6 is 0 Å². The minimum atomic E-state index is -0.274. The maximum Gasteiger partial charge on any atom is 0.260 e. The number of hydrogen-bond acceptors (Lipinski definition) is 4. The number of carbonyl (C=O) groups is 1. The summed E-state index contributed by atoms with van der Waals surface area (Å²) in [5, 5.41) is 9.57. The van der Waals surface area contributed by atoms with E-state index in [4.69, 9.17) is 4.74 Å². The number of methoxy groups -OCH3 is 1. The molecule has 18 heavy (non-hydrogen) atoms. The molecule has 0 bridgehead atoms. The van der Waals surface area contributed by atoms with Gasteiger partial charge in [0.05, 0.1) is 18.9 Å². The molecule has 6 nitrogen and oxygen atoms in total. The molecular formula is C12H14N4O2. The fourth-order valence-electron chi connectivity index (χ4n) is 1.51. The monoisotopic (exact) mass is 246 g/mol. The summed E-state index contributed by atoms with van der Waals surface area (Å²) in [7, 11) is 1.50. The SMILES string of the molecule is COc1cnccc1C(=O)Nc1n[nH]c(C)c1C. The molecule has 0 unspecified atom stereocenters. The van der Waals surface area contributed by atoms with Crippen molar-refractivity contribution in [1.82, 2.24) is 15.2 Å². The van der Waals surface area contributed by atoms with Gasteiger partial charge < -0.3 is 10.1 Å². The molecule has 0 saturated heterocycles. The molecule has 94 valence electrons. The second kappa shape index (κ2) is 4.87. The lowest BCUT2D eigenvalue weighted by Gasteiger charge is -2.07. The molecular weight excluding hydrogens is 232 g/mol. The first-order valence-corrected chi connectivity index (χ1v) is 5.44. The maximum atomic E-state index is 12.1. The number of carbonyl (C=O) groups excluding carboxylic acids is 1. The first-order valence-electron chi connectivity index (χ1n) is 5.44. The van der Waals surface area contributed by atoms with Crippen molar-refractivity contribution in [2.24, 2.45) is 0 Å². The Morgan fingerprint density at radius 1 is 1.44 bits per heavy atom. The lowest BCUT2D eigenvalue weighted by molar-refractivity contribution is 0.102. The summed E-state index contributed by atoms with van der Waals surface area (Å²) in [6, 6.07) is 1.60. The van der Waals surface area contributed by atoms with Gasteiger partial charge in [-0.15, -0.1) is 0 Å². The van der Waals surface area contributed by atoms with Crippen molar-refractivity contribution in [3.05, 3.63) is 35.3 Å². The number of anilines is 1. The highest BCUT2D eigenvalue weighted by Gasteiger charge is 2.15. The van der Waals surface area contributed by atoms with E-state index in [0.29, 0.717) is 17.1 Å². The van der Waals surface area contributed by atoms with Gasteiger partial charge in [-0.2, -0.15) is 5.10 Å². The highest BCUT2D eigenvalue weighted by atomic mass is 16.5. The Morgan fingerprint density at radius 2 is 2.22 bits per heavy atom. The average molecular weight is 246 g/mol. The van der Waals surface area contributed by atoms with E-state index in [1.54, 1.807) is 12.3 Å². The highest BCUT2D eigenvalue weighted by molar-refractivity contribution is 6.05. The topological polar surface area (TPSA) is 79.9 Å². The third-order valence-electron chi connectivity index (χ3n) is 2.73. The van der Waals surface area contributed by atoms with Crippen molar-refractivity contribution in [1.29, 1.82) is 0 Å². The molecule has 2 aromatic rings. The number of nitrogens with zero attached hydrogens (tertiary/aromatic N) is 2. The summed E-state index contributed by atoms with van der Waals surface area (Å²) in [4.78, 5) is 16.0. The van der Waals surface area contributed by atoms with E-state index < -0.39 is 0 Å². The van der Waals surface area contributed by atoms with Crippen LogP contribution in [0.5, 0.6) is 5.75 Å². The van der Waals surface area contributed by atoms with Gasteiger partial charge in [0.25, 0.3) is 5.91 Å². The summed E-state index contributed by atoms with van der Waals surface area (Å²) < 4.78 is 5.09. The fourth-order valence-corrected chi connectivity index (χ4v) is 1.51. The standard InChI is InChI=1S/C12H14N4O2/c1-7-8(2)15-16-11(7)14-12(17)9-4-5-13-6-10(9)18-3/h4-6H,1-3H3,(H2,14,15,16,17). The number of pyridine rings is 1. The number of aromatic nitrogens is 3. The van der Waals surface area contributed by atoms with Crippen LogP contribution in [0, 0.1) is 13.8 Å². The van der Waals surface area contributed by atoms with Crippen molar-refractivity contribution < 1.29 is 9.53 Å². The molecule has 0 spiro atoms. The van der Waals surface area contributed by atoms with Gasteiger partial charge in [0, 0.05) is 17.5 Å². The van der Waals surface area contributed by atoms with Gasteiger partial charge in [-0.1, -0.05) is 0 Å². The maximum absolute atomic E-state index is 12.1. The molecule has 0 aliphatic heterocycles. The van der Waals surface area contributed by atoms with E-state index in [1.165, 1.54) is 13.3 Å². The molecule has 0 fully saturated rings. The van der Waals surface area contributed by atoms with E-state index in [9.17, 15) is 4.79 Å². The Balaban J connectivity index is 2.25. The zero-order valence-corrected chi connectivity index (χ0v) is 10.4. The van der Waals surface area contributed by atoms with E-state index in [0.717, 1.165) is 11.3 Å². The Hall–Kier alpha value is -2.37. The fraction of sp³-hybridized carbons (Fsp3) is 0.250. The summed E-state index contributed by atoms with van der Waals surface area (Å²) in [5.74, 6) is 0.681. The zero-order chi connectivity index (χ0) is 13.1. The van der Waals surface area contributed by atoms with Crippen LogP contribution in [0.3, 0.4) is 0 Å². The molecule has 0 saturated carbocycles. The van der Waals surface area contributed by atoms with Crippen molar-refractivity contribution in [2.45, 2.75) is 13.8 Å². The van der Waals surface area contributed by atoms with Gasteiger partial charge in [-0.25, -0.2) is 0 Å². The second-order valence-corrected chi connectivity index (χ2v) is 3.85. The van der Waals surface area contributed by atoms with Crippen LogP contribution in [-0.2, 0) is 0 Å². The van der Waals surface area contributed by atoms with Gasteiger partial charge in [-0.3, -0.25) is 14.9 Å². The molecule has 0 aliphatic carbocycles. The Bertz CT molecular complexity index is 577. The van der Waals surface area contributed by atoms with Gasteiger partial charge >= 0.3 is 0 Å². The van der Waals surface area contributed by atoms with Crippen LogP contribution in [-0.4, -0.2) is 28.2 Å². The summed E-state index contributed by atoms with van der Waals surface area (Å²) in [6.45, 7) is 3.78. The average Bonchev–Trinajstić information content (AvgIpc) is 2.70. The highest BCUT2D eigenvalue weighted by Crippen LogP contribution is 2.19. The van der Waals surface area contributed by atoms with Crippen molar-refractivity contribution in [3.8, 4) is 5.75 Å². The Labute approximate surface area is 104 Å². The molecule has 0 radical (unpaired) electrons. The van der Waals surface area contributed by atoms with E-state index in [-0.39, 0.29) is 5.91 Å². The summed E-state index contributed by atoms with van der Waals surface area (Å²) >= 11 is 0. The number of amides is 1. The number of nitrogens with one attached hydrogen (secondary N) is 2. The molecule has 0 aliphatic rings. The molecule has 2 heterocycles. The van der Waals surface area contributed by atoms with E-state index >= 15 is 0 Å². The normalized spacial score (nSPS) is 10.2. The number of aryl methyl sites for hydroxylation is 1. The lowest BCUT2D eigenvalue weighted by Crippen LogP contribution is -2.14. The lowest BCUT2D eigenvalue weighted by atomic mass is 10.2. The third kappa shape index (κ3) is 2.17. The molecule has 0 atom stereocenters. The Morgan fingerprint density at radius 3 is 2.83 bits per heavy atom. The van der Waals surface area contributed by atoms with E-state index in [2.05, 4.69) is 20.5 Å². The third-order valence-corrected chi connectivity index (χ3v) is 2.73. The first kappa shape index (κ1) is 12.1. The minimum Gasteiger partial charge on any atom is -0.494 e. The number of H-pyrrole nitrogens is 1. The minimum absolute atomic E-state index is 0.274. The summed E-state index contributed by atoms with van der Waals surface area (Å²) in [6.07, 6.45) is 3.04. The van der Waals surface area contributed by atoms with E-state index in [1.807, 2.05) is 13.8 Å². The second-order valence-electron chi connectivity index (χ2n) is 3.85. The predicted octanol–water partition coefficient (Wildman–Crippen LogP) is 1.68. The largest absolute Gasteiger partial charge is 0.494 e. The molecule has 1 amide bonds. The van der Waals surface area contributed by atoms with Crippen molar-refractivity contribution in [3.63, 3.8) is 0 Å². The molecule has 2 N–H and O–H groups in total. The summed E-state index contributed by atoms with van der Waals surface area (Å²) in [5.41, 5.74) is 2.26. The van der Waals surface area contributed by atoms with Crippen molar-refractivity contribution in [2.75, 3.05) is 12.4 Å². The van der Waals surface area contributed by atoms with Crippen LogP contribution in [0.2, 0.25) is 0 Å². The van der Waals surface area contributed by atoms with Crippen LogP contribution in [0.4, 0.5) is 5.82 Å². The number of ether oxygens (including phenoxy) is 1.